The van der Waals surface area contributed by atoms with E-state index in [4.69, 9.17) is 14.7 Å². The van der Waals surface area contributed by atoms with Crippen LogP contribution < -0.4 is 5.32 Å². The van der Waals surface area contributed by atoms with Gasteiger partial charge in [0.05, 0.1) is 11.2 Å². The van der Waals surface area contributed by atoms with Gasteiger partial charge in [-0.05, 0) is 53.0 Å². The van der Waals surface area contributed by atoms with Crippen LogP contribution in [0.15, 0.2) is 12.3 Å². The molecule has 0 aliphatic carbocycles. The smallest absolute Gasteiger partial charge is 0.403 e. The molecule has 2 aliphatic rings. The lowest BCUT2D eigenvalue weighted by molar-refractivity contribution is 0.00578. The summed E-state index contributed by atoms with van der Waals surface area (Å²) >= 11 is 0. The van der Waals surface area contributed by atoms with E-state index in [1.807, 2.05) is 33.9 Å². The van der Waals surface area contributed by atoms with Gasteiger partial charge in [0.1, 0.15) is 0 Å². The van der Waals surface area contributed by atoms with Crippen molar-refractivity contribution in [2.45, 2.75) is 63.6 Å². The molecule has 2 aliphatic heterocycles. The molecule has 18 heavy (non-hydrogen) atoms. The highest BCUT2D eigenvalue weighted by molar-refractivity contribution is 6.51. The number of nitrogens with one attached hydrogen (secondary N) is 2. The molecule has 0 aromatic rings. The van der Waals surface area contributed by atoms with Gasteiger partial charge in [-0.3, -0.25) is 0 Å². The SMILES string of the molecule is CC1(C)OB(C(C=N)C2CCC=CN2)OC1(C)C. The average molecular weight is 250 g/mol. The van der Waals surface area contributed by atoms with E-state index in [1.165, 1.54) is 6.21 Å². The molecule has 2 atom stereocenters. The van der Waals surface area contributed by atoms with E-state index in [9.17, 15) is 0 Å². The summed E-state index contributed by atoms with van der Waals surface area (Å²) in [4.78, 5) is 0. The molecule has 1 fully saturated rings. The first-order valence-corrected chi connectivity index (χ1v) is 6.65. The minimum atomic E-state index is -0.337. The molecule has 0 amide bonds. The van der Waals surface area contributed by atoms with Crippen molar-refractivity contribution >= 4 is 13.3 Å². The normalized spacial score (nSPS) is 30.9. The third kappa shape index (κ3) is 2.34. The Kier molecular flexibility index (Phi) is 3.56. The van der Waals surface area contributed by atoms with Gasteiger partial charge in [-0.2, -0.15) is 0 Å². The van der Waals surface area contributed by atoms with E-state index >= 15 is 0 Å². The molecular formula is C13H23BN2O2. The highest BCUT2D eigenvalue weighted by Gasteiger charge is 2.54. The third-order valence-electron chi connectivity index (χ3n) is 4.32. The highest BCUT2D eigenvalue weighted by Crippen LogP contribution is 2.40. The van der Waals surface area contributed by atoms with E-state index < -0.39 is 0 Å². The maximum absolute atomic E-state index is 7.67. The maximum atomic E-state index is 7.67. The zero-order chi connectivity index (χ0) is 13.4. The van der Waals surface area contributed by atoms with Crippen molar-refractivity contribution in [1.29, 1.82) is 5.41 Å². The second kappa shape index (κ2) is 4.70. The second-order valence-corrected chi connectivity index (χ2v) is 6.12. The summed E-state index contributed by atoms with van der Waals surface area (Å²) in [6, 6.07) is 0.224. The van der Waals surface area contributed by atoms with Gasteiger partial charge in [-0.15, -0.1) is 0 Å². The Balaban J connectivity index is 2.11. The fourth-order valence-electron chi connectivity index (χ4n) is 2.37. The molecule has 2 heterocycles. The molecule has 0 radical (unpaired) electrons. The molecule has 2 N–H and O–H groups in total. The zero-order valence-electron chi connectivity index (χ0n) is 11.7. The summed E-state index contributed by atoms with van der Waals surface area (Å²) in [5.41, 5.74) is -0.660. The van der Waals surface area contributed by atoms with Crippen LogP contribution in [0, 0.1) is 5.41 Å². The largest absolute Gasteiger partial charge is 0.468 e. The van der Waals surface area contributed by atoms with Crippen LogP contribution in [0.2, 0.25) is 5.82 Å². The van der Waals surface area contributed by atoms with E-state index in [2.05, 4.69) is 11.4 Å². The van der Waals surface area contributed by atoms with Crippen LogP contribution in [0.4, 0.5) is 0 Å². The van der Waals surface area contributed by atoms with Crippen molar-refractivity contribution in [3.05, 3.63) is 12.3 Å². The van der Waals surface area contributed by atoms with Crippen molar-refractivity contribution in [2.24, 2.45) is 0 Å². The van der Waals surface area contributed by atoms with Crippen molar-refractivity contribution in [3.8, 4) is 0 Å². The van der Waals surface area contributed by atoms with E-state index in [-0.39, 0.29) is 30.2 Å². The minimum absolute atomic E-state index is 0.0454. The first-order chi connectivity index (χ1) is 8.37. The summed E-state index contributed by atoms with van der Waals surface area (Å²) < 4.78 is 12.1. The second-order valence-electron chi connectivity index (χ2n) is 6.12. The van der Waals surface area contributed by atoms with Crippen LogP contribution in [0.3, 0.4) is 0 Å². The van der Waals surface area contributed by atoms with Crippen molar-refractivity contribution in [3.63, 3.8) is 0 Å². The van der Waals surface area contributed by atoms with Gasteiger partial charge >= 0.3 is 7.12 Å². The lowest BCUT2D eigenvalue weighted by Crippen LogP contribution is -2.41. The van der Waals surface area contributed by atoms with Gasteiger partial charge in [-0.1, -0.05) is 6.08 Å². The molecule has 0 saturated carbocycles. The number of hydrogen-bond donors (Lipinski definition) is 2. The molecule has 2 rings (SSSR count). The lowest BCUT2D eigenvalue weighted by atomic mass is 9.67. The number of rotatable bonds is 3. The monoisotopic (exact) mass is 250 g/mol. The van der Waals surface area contributed by atoms with Crippen molar-refractivity contribution in [1.82, 2.24) is 5.32 Å². The minimum Gasteiger partial charge on any atom is -0.403 e. The molecule has 2 unspecified atom stereocenters. The standard InChI is InChI=1S/C13H23BN2O2/c1-12(2)13(3,4)18-14(17-12)10(9-15)11-7-5-6-8-16-11/h6,8-11,15-16H,5,7H2,1-4H3. The van der Waals surface area contributed by atoms with E-state index in [0.717, 1.165) is 12.8 Å². The van der Waals surface area contributed by atoms with Crippen LogP contribution >= 0.6 is 0 Å². The van der Waals surface area contributed by atoms with Gasteiger partial charge < -0.3 is 20.0 Å². The molecule has 1 saturated heterocycles. The molecule has 5 heteroatoms. The zero-order valence-corrected chi connectivity index (χ0v) is 11.7. The Bertz CT molecular complexity index is 339. The molecule has 0 spiro atoms. The van der Waals surface area contributed by atoms with Crippen molar-refractivity contribution < 1.29 is 9.31 Å². The van der Waals surface area contributed by atoms with Crippen LogP contribution in [0.1, 0.15) is 40.5 Å². The summed E-state index contributed by atoms with van der Waals surface area (Å²) in [5, 5.41) is 11.0. The molecule has 100 valence electrons. The third-order valence-corrected chi connectivity index (χ3v) is 4.32. The molecular weight excluding hydrogens is 227 g/mol. The maximum Gasteiger partial charge on any atom is 0.468 e. The van der Waals surface area contributed by atoms with Crippen LogP contribution in [-0.4, -0.2) is 30.6 Å². The molecule has 0 bridgehead atoms. The topological polar surface area (TPSA) is 54.3 Å². The van der Waals surface area contributed by atoms with Crippen LogP contribution in [-0.2, 0) is 9.31 Å². The van der Waals surface area contributed by atoms with E-state index in [0.29, 0.717) is 0 Å². The first kappa shape index (κ1) is 13.6. The number of hydrogen-bond acceptors (Lipinski definition) is 4. The van der Waals surface area contributed by atoms with Crippen LogP contribution in [0.5, 0.6) is 0 Å². The lowest BCUT2D eigenvalue weighted by Gasteiger charge is -2.32. The Hall–Kier alpha value is -0.805. The summed E-state index contributed by atoms with van der Waals surface area (Å²) in [7, 11) is -0.337. The first-order valence-electron chi connectivity index (χ1n) is 6.65. The Labute approximate surface area is 110 Å². The highest BCUT2D eigenvalue weighted by atomic mass is 16.7. The predicted molar refractivity (Wildman–Crippen MR) is 73.9 cm³/mol. The quantitative estimate of drug-likeness (QED) is 0.597. The van der Waals surface area contributed by atoms with Gasteiger partial charge in [0, 0.05) is 11.9 Å². The summed E-state index contributed by atoms with van der Waals surface area (Å²) in [5.74, 6) is -0.0454. The fraction of sp³-hybridized carbons (Fsp3) is 0.769. The van der Waals surface area contributed by atoms with Gasteiger partial charge in [0.25, 0.3) is 0 Å². The molecule has 0 aromatic heterocycles. The van der Waals surface area contributed by atoms with E-state index in [1.54, 1.807) is 0 Å². The summed E-state index contributed by atoms with van der Waals surface area (Å²) in [6.45, 7) is 8.18. The fourth-order valence-corrected chi connectivity index (χ4v) is 2.37. The number of allylic oxidation sites excluding steroid dienone is 1. The van der Waals surface area contributed by atoms with Gasteiger partial charge in [-0.25, -0.2) is 0 Å². The molecule has 0 aromatic carbocycles. The Morgan fingerprint density at radius 1 is 1.33 bits per heavy atom. The average Bonchev–Trinajstić information content (AvgIpc) is 2.50. The Morgan fingerprint density at radius 2 is 1.94 bits per heavy atom. The molecule has 4 nitrogen and oxygen atoms in total. The Morgan fingerprint density at radius 3 is 2.39 bits per heavy atom. The van der Waals surface area contributed by atoms with Crippen LogP contribution in [0.25, 0.3) is 0 Å². The van der Waals surface area contributed by atoms with Crippen molar-refractivity contribution in [2.75, 3.05) is 0 Å². The predicted octanol–water partition coefficient (Wildman–Crippen LogP) is 2.36. The summed E-state index contributed by atoms with van der Waals surface area (Å²) in [6.07, 6.45) is 7.60. The van der Waals surface area contributed by atoms with Gasteiger partial charge in [0.15, 0.2) is 0 Å². The van der Waals surface area contributed by atoms with Gasteiger partial charge in [0.2, 0.25) is 0 Å².